The fourth-order valence-corrected chi connectivity index (χ4v) is 7.33. The molecule has 47 heavy (non-hydrogen) atoms. The van der Waals surface area contributed by atoms with Gasteiger partial charge in [-0.25, -0.2) is 4.90 Å². The van der Waals surface area contributed by atoms with Gasteiger partial charge in [0.25, 0.3) is 5.91 Å². The maximum atomic E-state index is 14.8. The molecule has 2 heterocycles. The fourth-order valence-electron chi connectivity index (χ4n) is 7.33. The molecule has 0 N–H and O–H groups in total. The first-order valence-electron chi connectivity index (χ1n) is 16.3. The van der Waals surface area contributed by atoms with Crippen LogP contribution >= 0.6 is 0 Å². The van der Waals surface area contributed by atoms with Crippen LogP contribution in [0, 0.1) is 5.92 Å². The Morgan fingerprint density at radius 1 is 0.787 bits per heavy atom. The van der Waals surface area contributed by atoms with E-state index in [0.29, 0.717) is 17.7 Å². The third kappa shape index (κ3) is 5.03. The summed E-state index contributed by atoms with van der Waals surface area (Å²) in [5, 5.41) is 2.24. The molecule has 0 fully saturated rings. The highest BCUT2D eigenvalue weighted by Crippen LogP contribution is 2.41. The molecule has 1 aliphatic heterocycles. The van der Waals surface area contributed by atoms with Gasteiger partial charge in [0.1, 0.15) is 0 Å². The van der Waals surface area contributed by atoms with Gasteiger partial charge in [0, 0.05) is 16.3 Å². The van der Waals surface area contributed by atoms with E-state index in [0.717, 1.165) is 74.6 Å². The second kappa shape index (κ2) is 11.9. The van der Waals surface area contributed by atoms with Crippen molar-refractivity contribution in [3.05, 3.63) is 156 Å². The monoisotopic (exact) mass is 610 g/mol. The van der Waals surface area contributed by atoms with Crippen LogP contribution in [0.25, 0.3) is 49.8 Å². The van der Waals surface area contributed by atoms with Crippen molar-refractivity contribution < 1.29 is 9.59 Å². The van der Waals surface area contributed by atoms with Crippen LogP contribution in [0.5, 0.6) is 0 Å². The first-order chi connectivity index (χ1) is 23.1. The quantitative estimate of drug-likeness (QED) is 0.186. The number of carbonyl (C=O) groups excluding carboxylic acids is 2. The van der Waals surface area contributed by atoms with E-state index in [-0.39, 0.29) is 11.8 Å². The summed E-state index contributed by atoms with van der Waals surface area (Å²) < 4.78 is 2.25. The average molecular weight is 611 g/mol. The van der Waals surface area contributed by atoms with Gasteiger partial charge in [-0.1, -0.05) is 115 Å². The van der Waals surface area contributed by atoms with Gasteiger partial charge < -0.3 is 4.57 Å². The summed E-state index contributed by atoms with van der Waals surface area (Å²) in [6, 6.07) is 41.4. The van der Waals surface area contributed by atoms with Crippen molar-refractivity contribution in [3.8, 4) is 22.3 Å². The number of anilines is 1. The molecular weight excluding hydrogens is 576 g/mol. The van der Waals surface area contributed by atoms with Crippen LogP contribution in [0.4, 0.5) is 5.69 Å². The highest BCUT2D eigenvalue weighted by molar-refractivity contribution is 6.22. The fraction of sp³-hybridized carbons (Fsp3) is 0.116. The normalized spacial score (nSPS) is 15.9. The van der Waals surface area contributed by atoms with Crippen molar-refractivity contribution in [1.29, 1.82) is 0 Å². The lowest BCUT2D eigenvalue weighted by Gasteiger charge is -2.22. The standard InChI is InChI=1S/C43H34N2O2/c1-29-26-31-11-7-10-30-12-8-15-34(27-30)36-17-9-18-38-37-16-5-6-19-39(37)45(42(36)38)40(25-20-31)41(29)43(47)44(28-46)35-23-21-33(22-24-35)32-13-3-2-4-14-32/h2-6,8-9,12-28,31H,7,10-11H2,1H3. The van der Waals surface area contributed by atoms with Crippen LogP contribution < -0.4 is 4.90 Å². The molecule has 5 aromatic carbocycles. The van der Waals surface area contributed by atoms with Gasteiger partial charge in [-0.05, 0) is 84.2 Å². The zero-order valence-corrected chi connectivity index (χ0v) is 26.3. The molecule has 228 valence electrons. The summed E-state index contributed by atoms with van der Waals surface area (Å²) >= 11 is 0. The first-order valence-corrected chi connectivity index (χ1v) is 16.3. The van der Waals surface area contributed by atoms with Crippen molar-refractivity contribution in [2.45, 2.75) is 26.2 Å². The number of benzene rings is 5. The molecular formula is C43H34N2O2. The third-order valence-electron chi connectivity index (χ3n) is 9.58. The van der Waals surface area contributed by atoms with E-state index in [1.54, 1.807) is 0 Å². The molecule has 4 heteroatoms. The Morgan fingerprint density at radius 2 is 1.51 bits per heavy atom. The summed E-state index contributed by atoms with van der Waals surface area (Å²) in [5.74, 6) is -0.194. The van der Waals surface area contributed by atoms with Crippen molar-refractivity contribution in [3.63, 3.8) is 0 Å². The van der Waals surface area contributed by atoms with E-state index in [1.807, 2.05) is 67.6 Å². The number of para-hydroxylation sites is 2. The van der Waals surface area contributed by atoms with E-state index in [9.17, 15) is 9.59 Å². The summed E-state index contributed by atoms with van der Waals surface area (Å²) in [4.78, 5) is 28.9. The molecule has 8 rings (SSSR count). The molecule has 0 spiro atoms. The second-order valence-corrected chi connectivity index (χ2v) is 12.5. The zero-order chi connectivity index (χ0) is 31.9. The summed E-state index contributed by atoms with van der Waals surface area (Å²) in [5.41, 5.74) is 10.4. The van der Waals surface area contributed by atoms with Crippen LogP contribution in [0.3, 0.4) is 0 Å². The third-order valence-corrected chi connectivity index (χ3v) is 9.58. The number of carbonyl (C=O) groups is 2. The molecule has 1 atom stereocenters. The highest BCUT2D eigenvalue weighted by Gasteiger charge is 2.29. The first kappa shape index (κ1) is 28.7. The van der Waals surface area contributed by atoms with E-state index in [1.165, 1.54) is 10.5 Å². The number of allylic oxidation sites excluding steroid dienone is 4. The largest absolute Gasteiger partial charge is 0.308 e. The lowest BCUT2D eigenvalue weighted by Crippen LogP contribution is -2.32. The minimum Gasteiger partial charge on any atom is -0.308 e. The molecule has 1 unspecified atom stereocenters. The van der Waals surface area contributed by atoms with Gasteiger partial charge in [-0.3, -0.25) is 9.59 Å². The topological polar surface area (TPSA) is 42.3 Å². The molecule has 4 nitrogen and oxygen atoms in total. The number of aromatic nitrogens is 1. The predicted molar refractivity (Wildman–Crippen MR) is 193 cm³/mol. The van der Waals surface area contributed by atoms with Gasteiger partial charge in [0.05, 0.1) is 28.0 Å². The zero-order valence-electron chi connectivity index (χ0n) is 26.3. The Bertz CT molecular complexity index is 2270. The molecule has 0 saturated heterocycles. The number of fused-ring (bicyclic) bond motifs is 9. The van der Waals surface area contributed by atoms with Gasteiger partial charge in [-0.15, -0.1) is 0 Å². The van der Waals surface area contributed by atoms with Gasteiger partial charge >= 0.3 is 0 Å². The van der Waals surface area contributed by atoms with E-state index >= 15 is 0 Å². The van der Waals surface area contributed by atoms with Gasteiger partial charge in [-0.2, -0.15) is 0 Å². The van der Waals surface area contributed by atoms with Gasteiger partial charge in [0.15, 0.2) is 0 Å². The van der Waals surface area contributed by atoms with Crippen molar-refractivity contribution in [2.75, 3.05) is 4.90 Å². The van der Waals surface area contributed by atoms with Crippen molar-refractivity contribution in [2.24, 2.45) is 5.92 Å². The highest BCUT2D eigenvalue weighted by atomic mass is 16.2. The molecule has 0 radical (unpaired) electrons. The van der Waals surface area contributed by atoms with Crippen LogP contribution in [0.15, 0.2) is 151 Å². The molecule has 1 aliphatic carbocycles. The lowest BCUT2D eigenvalue weighted by atomic mass is 9.94. The molecule has 2 amide bonds. The van der Waals surface area contributed by atoms with Crippen molar-refractivity contribution in [1.82, 2.24) is 4.57 Å². The van der Waals surface area contributed by atoms with Crippen molar-refractivity contribution >= 4 is 45.5 Å². The van der Waals surface area contributed by atoms with E-state index < -0.39 is 0 Å². The predicted octanol–water partition coefficient (Wildman–Crippen LogP) is 10.00. The Labute approximate surface area is 274 Å². The second-order valence-electron chi connectivity index (χ2n) is 12.5. The minimum absolute atomic E-state index is 0.154. The minimum atomic E-state index is -0.348. The van der Waals surface area contributed by atoms with Gasteiger partial charge in [0.2, 0.25) is 6.41 Å². The van der Waals surface area contributed by atoms with E-state index in [4.69, 9.17) is 0 Å². The number of nitrogens with zero attached hydrogens (tertiary/aromatic N) is 2. The lowest BCUT2D eigenvalue weighted by molar-refractivity contribution is -0.118. The SMILES string of the molecule is CC1=CC2C=CC(=C1C(=O)N(C=O)c1ccc(-c3ccccc3)cc1)n1c3ccccc3c3cccc(c31)-c1cccc(c1)CCC2. The number of hydrogen-bond acceptors (Lipinski definition) is 2. The van der Waals surface area contributed by atoms with Crippen LogP contribution in [-0.4, -0.2) is 16.9 Å². The molecule has 0 saturated carbocycles. The average Bonchev–Trinajstić information content (AvgIpc) is 3.35. The Balaban J connectivity index is 1.38. The Hall–Kier alpha value is -5.74. The maximum Gasteiger partial charge on any atom is 0.267 e. The summed E-state index contributed by atoms with van der Waals surface area (Å²) in [7, 11) is 0. The molecule has 2 aliphatic rings. The smallest absolute Gasteiger partial charge is 0.267 e. The van der Waals surface area contributed by atoms with Crippen LogP contribution in [0.2, 0.25) is 0 Å². The number of hydrogen-bond donors (Lipinski definition) is 0. The number of rotatable bonds is 4. The number of imide groups is 1. The van der Waals surface area contributed by atoms with Crippen LogP contribution in [0.1, 0.15) is 25.3 Å². The number of aryl methyl sites for hydroxylation is 1. The van der Waals surface area contributed by atoms with Crippen LogP contribution in [-0.2, 0) is 16.0 Å². The summed E-state index contributed by atoms with van der Waals surface area (Å²) in [6.07, 6.45) is 10.2. The van der Waals surface area contributed by atoms with E-state index in [2.05, 4.69) is 83.5 Å². The Morgan fingerprint density at radius 3 is 2.34 bits per heavy atom. The molecule has 4 bridgehead atoms. The Kier molecular flexibility index (Phi) is 7.26. The maximum absolute atomic E-state index is 14.8. The molecule has 6 aromatic rings. The summed E-state index contributed by atoms with van der Waals surface area (Å²) in [6.45, 7) is 2.01. The molecule has 1 aromatic heterocycles. The number of amides is 2.